The van der Waals surface area contributed by atoms with Crippen molar-refractivity contribution >= 4 is 82.5 Å². The van der Waals surface area contributed by atoms with Crippen LogP contribution in [0.1, 0.15) is 203 Å². The predicted octanol–water partition coefficient (Wildman–Crippen LogP) is 6.58. The Morgan fingerprint density at radius 1 is 0.594 bits per heavy atom. The lowest BCUT2D eigenvalue weighted by atomic mass is 9.78. The number of amides is 12. The minimum absolute atomic E-state index is 0.00807. The van der Waals surface area contributed by atoms with E-state index in [2.05, 4.69) is 22.9 Å². The van der Waals surface area contributed by atoms with Crippen molar-refractivity contribution in [2.45, 2.75) is 274 Å². The van der Waals surface area contributed by atoms with E-state index >= 15 is 24.0 Å². The number of hydrogen-bond donors (Lipinski definition) is 3. The number of halogens is 4. The van der Waals surface area contributed by atoms with Gasteiger partial charge in [-0.3, -0.25) is 57.5 Å². The van der Waals surface area contributed by atoms with Gasteiger partial charge in [-0.05, 0) is 114 Å². The first-order valence-electron chi connectivity index (χ1n) is 37.3. The fourth-order valence-corrected chi connectivity index (χ4v) is 16.7. The van der Waals surface area contributed by atoms with Crippen LogP contribution in [0.5, 0.6) is 0 Å². The van der Waals surface area contributed by atoms with Crippen LogP contribution in [0.25, 0.3) is 0 Å². The van der Waals surface area contributed by atoms with E-state index in [-0.39, 0.29) is 88.5 Å². The lowest BCUT2D eigenvalue weighted by molar-refractivity contribution is -0.182. The first kappa shape index (κ1) is 83.7. The van der Waals surface area contributed by atoms with Crippen molar-refractivity contribution < 1.29 is 70.7 Å². The largest absolute Gasteiger partial charge is 0.393 e. The van der Waals surface area contributed by atoms with Gasteiger partial charge in [0.25, 0.3) is 0 Å². The molecule has 0 aromatic heterocycles. The standard InChI is InChI=1S/C73H120ClF3N12O12/c1-17-44(4)60-69(99)84(12)47(7)64(94)89-37-34-54(89)68(98)86(14)56(40-50-28-26-43(3)27-29-50)67(97)82(10)42-58(90)78-53(33-31-49-30-32-51(52(74)38-49)73(75,76)77)65(95)85(13)55(39-48-24-20-19-21-25-48)63(93)80-72(35-22-23-36-72)71(101)88(16)61(45(5)18-2)70(100)87(15)57(66(96)81(8)9)41-59(91)83(11)46(6)62(92)79-60/h43-57,60-61H,17-42H2,1-16H3,(H,78,90)(H,79,92)(H,80,93)/t43?,44-,45-,46-,47-,49?,50?,51?,52?,53-,54-,55+,56-,57-,60-,61-/m0/s1. The SMILES string of the molecule is CC[C@H](C)[C@@H]1NC(=O)[C@H](C)N(C)C(=O)C[C@@H](C(=O)N(C)C)N(C)C(=O)[C@H]([C@@H](C)CC)N(C)C(=O)C2(CCCC2)NC(=O)[C@@H](CC2CCCCC2)N(C)C(=O)[C@H](CCC2CCC(C(F)(F)F)C(Cl)C2)NC(=O)CN(C)C(=O)[C@H](CC2CCC(C)CC2)N(C)C(=O)[C@@H]2CCN2C(=O)[C@H](C)N(C)C1=O. The summed E-state index contributed by atoms with van der Waals surface area (Å²) in [7, 11) is 12.9. The van der Waals surface area contributed by atoms with Crippen LogP contribution in [-0.4, -0.2) is 263 Å². The molecule has 2 saturated heterocycles. The molecule has 0 aromatic carbocycles. The van der Waals surface area contributed by atoms with Crippen molar-refractivity contribution in [3.8, 4) is 0 Å². The van der Waals surface area contributed by atoms with Gasteiger partial charge in [-0.25, -0.2) is 0 Å². The summed E-state index contributed by atoms with van der Waals surface area (Å²) in [5.41, 5.74) is -1.60. The summed E-state index contributed by atoms with van der Waals surface area (Å²) in [6.07, 6.45) is 5.18. The van der Waals surface area contributed by atoms with Crippen LogP contribution in [0.4, 0.5) is 13.2 Å². The molecule has 6 aliphatic rings. The smallest absolute Gasteiger partial charge is 0.347 e. The van der Waals surface area contributed by atoms with Crippen molar-refractivity contribution in [3.05, 3.63) is 0 Å². The maximum Gasteiger partial charge on any atom is 0.393 e. The Morgan fingerprint density at radius 2 is 1.17 bits per heavy atom. The third kappa shape index (κ3) is 20.4. The quantitative estimate of drug-likeness (QED) is 0.175. The number of carbonyl (C=O) groups is 12. The van der Waals surface area contributed by atoms with Gasteiger partial charge in [-0.1, -0.05) is 118 Å². The highest BCUT2D eigenvalue weighted by atomic mass is 35.5. The molecule has 28 heteroatoms. The van der Waals surface area contributed by atoms with Crippen LogP contribution in [0, 0.1) is 41.4 Å². The molecule has 6 fully saturated rings. The molecular weight excluding hydrogens is 1330 g/mol. The first-order chi connectivity index (χ1) is 47.3. The first-order valence-corrected chi connectivity index (χ1v) is 37.7. The van der Waals surface area contributed by atoms with E-state index in [0.29, 0.717) is 31.6 Å². The summed E-state index contributed by atoms with van der Waals surface area (Å²) in [6.45, 7) is 11.9. The molecular formula is C73H120ClF3N12O12. The lowest BCUT2D eigenvalue weighted by Crippen LogP contribution is -2.65. The molecule has 101 heavy (non-hydrogen) atoms. The molecule has 2 heterocycles. The molecule has 1 spiro atoms. The molecule has 572 valence electrons. The molecule has 3 unspecified atom stereocenters. The zero-order valence-corrected chi connectivity index (χ0v) is 63.9. The molecule has 4 saturated carbocycles. The molecule has 6 rings (SSSR count). The Bertz CT molecular complexity index is 2940. The number of fused-ring (bicyclic) bond motifs is 1. The number of nitrogens with one attached hydrogen (secondary N) is 3. The van der Waals surface area contributed by atoms with Crippen molar-refractivity contribution in [1.82, 2.24) is 60.0 Å². The third-order valence-corrected chi connectivity index (χ3v) is 24.5. The van der Waals surface area contributed by atoms with Gasteiger partial charge in [0.15, 0.2) is 0 Å². The average molecular weight is 1450 g/mol. The van der Waals surface area contributed by atoms with Gasteiger partial charge in [-0.15, -0.1) is 11.6 Å². The molecule has 4 aliphatic carbocycles. The molecule has 24 nitrogen and oxygen atoms in total. The van der Waals surface area contributed by atoms with Gasteiger partial charge in [0.2, 0.25) is 70.9 Å². The summed E-state index contributed by atoms with van der Waals surface area (Å²) in [5.74, 6) is -10.5. The topological polar surface area (TPSA) is 270 Å². The highest BCUT2D eigenvalue weighted by molar-refractivity contribution is 6.21. The number of nitrogens with zero attached hydrogens (tertiary/aromatic N) is 9. The molecule has 2 aliphatic heterocycles. The van der Waals surface area contributed by atoms with Crippen LogP contribution in [0.3, 0.4) is 0 Å². The van der Waals surface area contributed by atoms with E-state index in [1.54, 1.807) is 13.8 Å². The second kappa shape index (κ2) is 36.4. The number of alkyl halides is 4. The maximum atomic E-state index is 15.6. The summed E-state index contributed by atoms with van der Waals surface area (Å²) in [6, 6.07) is -11.1. The van der Waals surface area contributed by atoms with E-state index in [9.17, 15) is 46.7 Å². The predicted molar refractivity (Wildman–Crippen MR) is 377 cm³/mol. The second-order valence-corrected chi connectivity index (χ2v) is 31.8. The Kier molecular flexibility index (Phi) is 30.2. The van der Waals surface area contributed by atoms with Gasteiger partial charge in [-0.2, -0.15) is 13.2 Å². The number of likely N-dealkylation sites (N-methyl/N-ethyl adjacent to an activating group) is 8. The highest BCUT2D eigenvalue weighted by Crippen LogP contribution is 2.44. The monoisotopic (exact) mass is 1450 g/mol. The molecule has 0 bridgehead atoms. The minimum Gasteiger partial charge on any atom is -0.347 e. The van der Waals surface area contributed by atoms with Crippen molar-refractivity contribution in [1.29, 1.82) is 0 Å². The van der Waals surface area contributed by atoms with Gasteiger partial charge >= 0.3 is 6.18 Å². The Morgan fingerprint density at radius 3 is 1.72 bits per heavy atom. The van der Waals surface area contributed by atoms with Gasteiger partial charge in [0, 0.05) is 75.4 Å². The van der Waals surface area contributed by atoms with Crippen LogP contribution in [0.2, 0.25) is 0 Å². The summed E-state index contributed by atoms with van der Waals surface area (Å²) in [4.78, 5) is 191. The van der Waals surface area contributed by atoms with E-state index in [1.807, 2.05) is 13.8 Å². The van der Waals surface area contributed by atoms with Crippen LogP contribution in [0.15, 0.2) is 0 Å². The fraction of sp³-hybridized carbons (Fsp3) is 0.836. The van der Waals surface area contributed by atoms with E-state index in [4.69, 9.17) is 11.6 Å². The highest BCUT2D eigenvalue weighted by Gasteiger charge is 2.52. The Balaban J connectivity index is 1.44. The molecule has 0 radical (unpaired) electrons. The average Bonchev–Trinajstić information content (AvgIpc) is 1.25. The van der Waals surface area contributed by atoms with E-state index in [1.165, 1.54) is 112 Å². The summed E-state index contributed by atoms with van der Waals surface area (Å²) in [5, 5.41) is 7.59. The summed E-state index contributed by atoms with van der Waals surface area (Å²) < 4.78 is 42.3. The Labute approximate surface area is 602 Å². The van der Waals surface area contributed by atoms with Gasteiger partial charge in [0.1, 0.15) is 59.9 Å². The zero-order chi connectivity index (χ0) is 75.4. The second-order valence-electron chi connectivity index (χ2n) is 31.2. The van der Waals surface area contributed by atoms with Gasteiger partial charge < -0.3 is 60.0 Å². The third-order valence-electron chi connectivity index (χ3n) is 24.1. The fourth-order valence-electron chi connectivity index (χ4n) is 16.1. The molecule has 0 aromatic rings. The lowest BCUT2D eigenvalue weighted by Gasteiger charge is -2.45. The normalized spacial score (nSPS) is 31.9. The maximum absolute atomic E-state index is 15.6. The van der Waals surface area contributed by atoms with Crippen molar-refractivity contribution in [3.63, 3.8) is 0 Å². The van der Waals surface area contributed by atoms with Crippen molar-refractivity contribution in [2.24, 2.45) is 41.4 Å². The number of rotatable bonds is 12. The minimum atomic E-state index is -4.52. The molecule has 14 atom stereocenters. The van der Waals surface area contributed by atoms with Crippen LogP contribution in [-0.2, 0) is 57.5 Å². The Hall–Kier alpha value is -6.28. The number of hydrogen-bond acceptors (Lipinski definition) is 12. The van der Waals surface area contributed by atoms with E-state index < -0.39 is 173 Å². The molecule has 12 amide bonds. The zero-order valence-electron chi connectivity index (χ0n) is 63.1. The van der Waals surface area contributed by atoms with Crippen molar-refractivity contribution in [2.75, 3.05) is 76.5 Å². The van der Waals surface area contributed by atoms with Crippen LogP contribution >= 0.6 is 11.6 Å². The molecule has 3 N–H and O–H groups in total. The number of carbonyl (C=O) groups excluding carboxylic acids is 12. The van der Waals surface area contributed by atoms with Crippen LogP contribution < -0.4 is 16.0 Å². The van der Waals surface area contributed by atoms with Gasteiger partial charge in [0.05, 0.1) is 18.9 Å². The van der Waals surface area contributed by atoms with E-state index in [0.717, 1.165) is 67.6 Å². The summed E-state index contributed by atoms with van der Waals surface area (Å²) >= 11 is 6.45.